The molecule has 2 nitrogen and oxygen atoms in total. The molecule has 1 fully saturated rings. The molecule has 0 amide bonds. The number of hydrogen-bond acceptors (Lipinski definition) is 2. The SMILES string of the molecule is CCC/C=N/OC1CCC1. The minimum Gasteiger partial charge on any atom is -0.393 e. The van der Waals surface area contributed by atoms with Crippen molar-refractivity contribution in [3.63, 3.8) is 0 Å². The molecule has 1 rings (SSSR count). The van der Waals surface area contributed by atoms with Gasteiger partial charge in [-0.1, -0.05) is 18.5 Å². The van der Waals surface area contributed by atoms with E-state index in [1.165, 1.54) is 19.3 Å². The molecule has 0 aromatic rings. The maximum absolute atomic E-state index is 5.15. The van der Waals surface area contributed by atoms with Gasteiger partial charge in [-0.15, -0.1) is 0 Å². The van der Waals surface area contributed by atoms with Crippen LogP contribution in [0.4, 0.5) is 0 Å². The molecule has 58 valence electrons. The number of hydrogen-bond donors (Lipinski definition) is 0. The zero-order chi connectivity index (χ0) is 7.23. The summed E-state index contributed by atoms with van der Waals surface area (Å²) in [5.74, 6) is 0. The standard InChI is InChI=1S/C8H15NO/c1-2-3-7-9-10-8-5-4-6-8/h7-8H,2-6H2,1H3/b9-7+. The van der Waals surface area contributed by atoms with Crippen molar-refractivity contribution >= 4 is 6.21 Å². The fourth-order valence-electron chi connectivity index (χ4n) is 0.787. The normalized spacial score (nSPS) is 19.3. The van der Waals surface area contributed by atoms with Gasteiger partial charge in [-0.05, 0) is 25.7 Å². The second-order valence-corrected chi connectivity index (χ2v) is 2.73. The molecule has 0 heterocycles. The topological polar surface area (TPSA) is 21.6 Å². The third kappa shape index (κ3) is 2.38. The van der Waals surface area contributed by atoms with E-state index in [1.807, 2.05) is 6.21 Å². The zero-order valence-electron chi connectivity index (χ0n) is 6.55. The lowest BCUT2D eigenvalue weighted by Crippen LogP contribution is -2.18. The second-order valence-electron chi connectivity index (χ2n) is 2.73. The predicted molar refractivity (Wildman–Crippen MR) is 42.1 cm³/mol. The highest BCUT2D eigenvalue weighted by Gasteiger charge is 2.18. The first-order valence-electron chi connectivity index (χ1n) is 4.11. The van der Waals surface area contributed by atoms with E-state index >= 15 is 0 Å². The highest BCUT2D eigenvalue weighted by Crippen LogP contribution is 2.21. The average molecular weight is 141 g/mol. The Morgan fingerprint density at radius 3 is 2.90 bits per heavy atom. The van der Waals surface area contributed by atoms with Gasteiger partial charge < -0.3 is 4.84 Å². The highest BCUT2D eigenvalue weighted by molar-refractivity contribution is 5.55. The molecule has 10 heavy (non-hydrogen) atoms. The van der Waals surface area contributed by atoms with Crippen molar-refractivity contribution < 1.29 is 4.84 Å². The largest absolute Gasteiger partial charge is 0.393 e. The number of oxime groups is 1. The van der Waals surface area contributed by atoms with Gasteiger partial charge in [0.05, 0.1) is 0 Å². The molecule has 0 unspecified atom stereocenters. The van der Waals surface area contributed by atoms with E-state index in [0.29, 0.717) is 6.10 Å². The van der Waals surface area contributed by atoms with Crippen LogP contribution < -0.4 is 0 Å². The molecular formula is C8H15NO. The Bertz CT molecular complexity index is 108. The molecule has 1 aliphatic carbocycles. The van der Waals surface area contributed by atoms with Crippen LogP contribution in [0.15, 0.2) is 5.16 Å². The molecule has 0 atom stereocenters. The summed E-state index contributed by atoms with van der Waals surface area (Å²) in [5, 5.41) is 3.86. The van der Waals surface area contributed by atoms with Crippen molar-refractivity contribution in [3.05, 3.63) is 0 Å². The lowest BCUT2D eigenvalue weighted by atomic mass is 9.97. The van der Waals surface area contributed by atoms with Gasteiger partial charge in [0.2, 0.25) is 0 Å². The van der Waals surface area contributed by atoms with Crippen molar-refractivity contribution in [2.24, 2.45) is 5.16 Å². The Kier molecular flexibility index (Phi) is 3.27. The summed E-state index contributed by atoms with van der Waals surface area (Å²) in [4.78, 5) is 5.15. The first kappa shape index (κ1) is 7.58. The first-order chi connectivity index (χ1) is 4.93. The summed E-state index contributed by atoms with van der Waals surface area (Å²) in [7, 11) is 0. The van der Waals surface area contributed by atoms with Gasteiger partial charge >= 0.3 is 0 Å². The number of rotatable bonds is 4. The summed E-state index contributed by atoms with van der Waals surface area (Å²) >= 11 is 0. The Morgan fingerprint density at radius 1 is 1.60 bits per heavy atom. The molecule has 2 heteroatoms. The van der Waals surface area contributed by atoms with E-state index in [9.17, 15) is 0 Å². The van der Waals surface area contributed by atoms with Gasteiger partial charge in [0.15, 0.2) is 0 Å². The van der Waals surface area contributed by atoms with Crippen molar-refractivity contribution in [3.8, 4) is 0 Å². The monoisotopic (exact) mass is 141 g/mol. The fourth-order valence-corrected chi connectivity index (χ4v) is 0.787. The minimum absolute atomic E-state index is 0.438. The van der Waals surface area contributed by atoms with Crippen molar-refractivity contribution in [2.75, 3.05) is 0 Å². The average Bonchev–Trinajstić information content (AvgIpc) is 1.84. The molecule has 1 saturated carbocycles. The quantitative estimate of drug-likeness (QED) is 0.435. The van der Waals surface area contributed by atoms with Gasteiger partial charge in [0.1, 0.15) is 6.10 Å². The Balaban J connectivity index is 1.92. The van der Waals surface area contributed by atoms with Gasteiger partial charge in [0.25, 0.3) is 0 Å². The van der Waals surface area contributed by atoms with E-state index in [0.717, 1.165) is 12.8 Å². The molecule has 1 aliphatic rings. The zero-order valence-corrected chi connectivity index (χ0v) is 6.55. The molecule has 0 radical (unpaired) electrons. The summed E-state index contributed by atoms with van der Waals surface area (Å²) in [6.45, 7) is 2.13. The van der Waals surface area contributed by atoms with Crippen LogP contribution in [0.5, 0.6) is 0 Å². The Hall–Kier alpha value is -0.530. The van der Waals surface area contributed by atoms with Crippen molar-refractivity contribution in [1.82, 2.24) is 0 Å². The highest BCUT2D eigenvalue weighted by atomic mass is 16.6. The van der Waals surface area contributed by atoms with Gasteiger partial charge in [-0.3, -0.25) is 0 Å². The summed E-state index contributed by atoms with van der Waals surface area (Å²) in [6.07, 6.45) is 8.19. The molecular weight excluding hydrogens is 126 g/mol. The van der Waals surface area contributed by atoms with Crippen LogP contribution in [0.3, 0.4) is 0 Å². The van der Waals surface area contributed by atoms with Crippen LogP contribution in [0.1, 0.15) is 39.0 Å². The molecule has 0 N–H and O–H groups in total. The van der Waals surface area contributed by atoms with Crippen LogP contribution in [-0.4, -0.2) is 12.3 Å². The van der Waals surface area contributed by atoms with Crippen molar-refractivity contribution in [1.29, 1.82) is 0 Å². The molecule has 0 aromatic carbocycles. The second kappa shape index (κ2) is 4.31. The van der Waals surface area contributed by atoms with E-state index in [2.05, 4.69) is 12.1 Å². The maximum Gasteiger partial charge on any atom is 0.127 e. The van der Waals surface area contributed by atoms with E-state index in [-0.39, 0.29) is 0 Å². The van der Waals surface area contributed by atoms with E-state index in [4.69, 9.17) is 4.84 Å². The number of unbranched alkanes of at least 4 members (excludes halogenated alkanes) is 1. The van der Waals surface area contributed by atoms with Crippen LogP contribution in [0, 0.1) is 0 Å². The maximum atomic E-state index is 5.15. The fraction of sp³-hybridized carbons (Fsp3) is 0.875. The lowest BCUT2D eigenvalue weighted by Gasteiger charge is -2.22. The molecule has 0 aliphatic heterocycles. The number of nitrogens with zero attached hydrogens (tertiary/aromatic N) is 1. The van der Waals surface area contributed by atoms with Gasteiger partial charge in [-0.2, -0.15) is 0 Å². The summed E-state index contributed by atoms with van der Waals surface area (Å²) in [5.41, 5.74) is 0. The molecule has 0 saturated heterocycles. The van der Waals surface area contributed by atoms with Crippen LogP contribution >= 0.6 is 0 Å². The Labute approximate surface area is 62.3 Å². The Morgan fingerprint density at radius 2 is 2.40 bits per heavy atom. The van der Waals surface area contributed by atoms with Crippen molar-refractivity contribution in [2.45, 2.75) is 45.1 Å². The van der Waals surface area contributed by atoms with Gasteiger partial charge in [-0.25, -0.2) is 0 Å². The lowest BCUT2D eigenvalue weighted by molar-refractivity contribution is 0.00662. The van der Waals surface area contributed by atoms with Crippen LogP contribution in [-0.2, 0) is 4.84 Å². The van der Waals surface area contributed by atoms with Crippen LogP contribution in [0.2, 0.25) is 0 Å². The third-order valence-electron chi connectivity index (χ3n) is 1.75. The minimum atomic E-state index is 0.438. The van der Waals surface area contributed by atoms with Crippen LogP contribution in [0.25, 0.3) is 0 Å². The molecule has 0 spiro atoms. The summed E-state index contributed by atoms with van der Waals surface area (Å²) < 4.78 is 0. The predicted octanol–water partition coefficient (Wildman–Crippen LogP) is 2.34. The molecule has 0 aromatic heterocycles. The van der Waals surface area contributed by atoms with E-state index < -0.39 is 0 Å². The first-order valence-corrected chi connectivity index (χ1v) is 4.11. The van der Waals surface area contributed by atoms with E-state index in [1.54, 1.807) is 0 Å². The summed E-state index contributed by atoms with van der Waals surface area (Å²) in [6, 6.07) is 0. The van der Waals surface area contributed by atoms with Gasteiger partial charge in [0, 0.05) is 6.21 Å². The third-order valence-corrected chi connectivity index (χ3v) is 1.75. The molecule has 0 bridgehead atoms. The smallest absolute Gasteiger partial charge is 0.127 e.